The number of nitrogens with one attached hydrogen (secondary N) is 1. The number of hydrogen-bond donors (Lipinski definition) is 1. The lowest BCUT2D eigenvalue weighted by Crippen LogP contribution is -2.43. The van der Waals surface area contributed by atoms with Crippen LogP contribution in [0.5, 0.6) is 11.5 Å². The molecule has 2 heterocycles. The lowest BCUT2D eigenvalue weighted by molar-refractivity contribution is -0.144. The van der Waals surface area contributed by atoms with Crippen molar-refractivity contribution in [1.82, 2.24) is 4.90 Å². The maximum Gasteiger partial charge on any atom is 0.344 e. The summed E-state index contributed by atoms with van der Waals surface area (Å²) in [6, 6.07) is 10.3. The molecule has 1 N–H and O–H groups in total. The van der Waals surface area contributed by atoms with E-state index in [-0.39, 0.29) is 29.5 Å². The number of ether oxygens (including phenoxy) is 3. The number of carbonyl (C=O) groups excluding carboxylic acids is 3. The van der Waals surface area contributed by atoms with Crippen LogP contribution in [0.2, 0.25) is 0 Å². The van der Waals surface area contributed by atoms with Crippen LogP contribution in [0.1, 0.15) is 60.3 Å². The van der Waals surface area contributed by atoms with Gasteiger partial charge >= 0.3 is 5.97 Å². The summed E-state index contributed by atoms with van der Waals surface area (Å²) in [6.07, 6.45) is 2.78. The van der Waals surface area contributed by atoms with Gasteiger partial charge < -0.3 is 19.5 Å². The van der Waals surface area contributed by atoms with Crippen LogP contribution in [0.3, 0.4) is 0 Å². The van der Waals surface area contributed by atoms with Crippen LogP contribution < -0.4 is 14.8 Å². The lowest BCUT2D eigenvalue weighted by Gasteiger charge is -2.29. The minimum absolute atomic E-state index is 0.199. The van der Waals surface area contributed by atoms with Crippen LogP contribution in [-0.2, 0) is 20.7 Å². The zero-order valence-electron chi connectivity index (χ0n) is 19.1. The maximum absolute atomic E-state index is 13.1. The quantitative estimate of drug-likeness (QED) is 0.612. The molecular weight excluding hydrogens is 424 g/mol. The third-order valence-electron chi connectivity index (χ3n) is 6.12. The SMILES string of the molecule is CCCCc1ccc(NC(=O)[C@@H]2CCC(=O)N2[C@H]2OC(=O)c3c2ccc(OC)c3OC)cc1. The molecular formula is C25H28N2O6. The molecule has 1 fully saturated rings. The molecule has 0 aromatic heterocycles. The van der Waals surface area contributed by atoms with Crippen LogP contribution in [0.25, 0.3) is 0 Å². The first-order valence-corrected chi connectivity index (χ1v) is 11.1. The molecule has 8 heteroatoms. The molecule has 2 aromatic carbocycles. The predicted octanol–water partition coefficient (Wildman–Crippen LogP) is 3.85. The van der Waals surface area contributed by atoms with Crippen molar-refractivity contribution in [2.45, 2.75) is 51.3 Å². The summed E-state index contributed by atoms with van der Waals surface area (Å²) in [5.41, 5.74) is 2.57. The molecule has 0 radical (unpaired) electrons. The van der Waals surface area contributed by atoms with Crippen molar-refractivity contribution < 1.29 is 28.6 Å². The first-order chi connectivity index (χ1) is 16.0. The van der Waals surface area contributed by atoms with Gasteiger partial charge in [0.15, 0.2) is 11.5 Å². The minimum atomic E-state index is -0.991. The molecule has 8 nitrogen and oxygen atoms in total. The average molecular weight is 453 g/mol. The molecule has 0 aliphatic carbocycles. The number of anilines is 1. The van der Waals surface area contributed by atoms with E-state index in [1.54, 1.807) is 12.1 Å². The van der Waals surface area contributed by atoms with Gasteiger partial charge in [-0.15, -0.1) is 0 Å². The molecule has 2 aromatic rings. The molecule has 0 unspecified atom stereocenters. The van der Waals surface area contributed by atoms with Crippen LogP contribution in [-0.4, -0.2) is 42.9 Å². The molecule has 0 spiro atoms. The second-order valence-corrected chi connectivity index (χ2v) is 8.17. The Kier molecular flexibility index (Phi) is 6.53. The van der Waals surface area contributed by atoms with E-state index < -0.39 is 18.2 Å². The Morgan fingerprint density at radius 1 is 1.12 bits per heavy atom. The molecule has 0 bridgehead atoms. The molecule has 1 saturated heterocycles. The second-order valence-electron chi connectivity index (χ2n) is 8.17. The fourth-order valence-corrected chi connectivity index (χ4v) is 4.40. The highest BCUT2D eigenvalue weighted by atomic mass is 16.6. The van der Waals surface area contributed by atoms with Gasteiger partial charge in [0, 0.05) is 17.7 Å². The number of amides is 2. The Hall–Kier alpha value is -3.55. The van der Waals surface area contributed by atoms with Gasteiger partial charge in [0.25, 0.3) is 0 Å². The third-order valence-corrected chi connectivity index (χ3v) is 6.12. The molecule has 174 valence electrons. The molecule has 4 rings (SSSR count). The molecule has 2 amide bonds. The maximum atomic E-state index is 13.1. The largest absolute Gasteiger partial charge is 0.493 e. The van der Waals surface area contributed by atoms with Crippen molar-refractivity contribution in [2.75, 3.05) is 19.5 Å². The van der Waals surface area contributed by atoms with Crippen LogP contribution in [0, 0.1) is 0 Å². The van der Waals surface area contributed by atoms with Gasteiger partial charge in [-0.3, -0.25) is 14.5 Å². The van der Waals surface area contributed by atoms with Crippen molar-refractivity contribution in [2.24, 2.45) is 0 Å². The monoisotopic (exact) mass is 452 g/mol. The summed E-state index contributed by atoms with van der Waals surface area (Å²) in [4.78, 5) is 39.9. The van der Waals surface area contributed by atoms with Crippen molar-refractivity contribution in [3.63, 3.8) is 0 Å². The van der Waals surface area contributed by atoms with Gasteiger partial charge in [0.05, 0.1) is 14.2 Å². The molecule has 2 aliphatic rings. The summed E-state index contributed by atoms with van der Waals surface area (Å²) in [6.45, 7) is 2.15. The molecule has 33 heavy (non-hydrogen) atoms. The van der Waals surface area contributed by atoms with E-state index in [0.29, 0.717) is 23.4 Å². The number of nitrogens with zero attached hydrogens (tertiary/aromatic N) is 1. The number of cyclic esters (lactones) is 1. The Bertz CT molecular complexity index is 1070. The number of likely N-dealkylation sites (tertiary alicyclic amines) is 1. The first kappa shape index (κ1) is 22.6. The highest BCUT2D eigenvalue weighted by molar-refractivity contribution is 6.01. The Labute approximate surface area is 192 Å². The van der Waals surface area contributed by atoms with Gasteiger partial charge in [0.1, 0.15) is 11.6 Å². The third kappa shape index (κ3) is 4.25. The van der Waals surface area contributed by atoms with E-state index in [0.717, 1.165) is 19.3 Å². The average Bonchev–Trinajstić information content (AvgIpc) is 3.37. The smallest absolute Gasteiger partial charge is 0.344 e. The molecule has 2 atom stereocenters. The lowest BCUT2D eigenvalue weighted by atomic mass is 10.0. The standard InChI is InChI=1S/C25H28N2O6/c1-4-5-6-15-7-9-16(10-8-15)26-23(29)18-12-14-20(28)27(18)24-17-11-13-19(31-2)22(32-3)21(17)25(30)33-24/h7-11,13,18,24H,4-6,12,14H2,1-3H3,(H,26,29)/t18-,24-/m0/s1. The van der Waals surface area contributed by atoms with Crippen molar-refractivity contribution >= 4 is 23.5 Å². The fraction of sp³-hybridized carbons (Fsp3) is 0.400. The first-order valence-electron chi connectivity index (χ1n) is 11.1. The van der Waals surface area contributed by atoms with Crippen LogP contribution in [0.15, 0.2) is 36.4 Å². The van der Waals surface area contributed by atoms with E-state index in [4.69, 9.17) is 14.2 Å². The van der Waals surface area contributed by atoms with Crippen molar-refractivity contribution in [3.8, 4) is 11.5 Å². The topological polar surface area (TPSA) is 94.2 Å². The summed E-state index contributed by atoms with van der Waals surface area (Å²) >= 11 is 0. The zero-order chi connectivity index (χ0) is 23.5. The van der Waals surface area contributed by atoms with E-state index in [1.807, 2.05) is 24.3 Å². The summed E-state index contributed by atoms with van der Waals surface area (Å²) in [5, 5.41) is 2.90. The zero-order valence-corrected chi connectivity index (χ0v) is 19.1. The van der Waals surface area contributed by atoms with E-state index >= 15 is 0 Å². The predicted molar refractivity (Wildman–Crippen MR) is 121 cm³/mol. The molecule has 0 saturated carbocycles. The van der Waals surface area contributed by atoms with Crippen molar-refractivity contribution in [3.05, 3.63) is 53.1 Å². The number of fused-ring (bicyclic) bond motifs is 1. The van der Waals surface area contributed by atoms with Crippen LogP contribution >= 0.6 is 0 Å². The molecule has 2 aliphatic heterocycles. The Balaban J connectivity index is 1.56. The minimum Gasteiger partial charge on any atom is -0.493 e. The highest BCUT2D eigenvalue weighted by Crippen LogP contribution is 2.45. The number of unbranched alkanes of at least 4 members (excludes halogenated alkanes) is 1. The Morgan fingerprint density at radius 3 is 2.55 bits per heavy atom. The van der Waals surface area contributed by atoms with Crippen molar-refractivity contribution in [1.29, 1.82) is 0 Å². The van der Waals surface area contributed by atoms with Gasteiger partial charge in [-0.1, -0.05) is 25.5 Å². The number of esters is 1. The summed E-state index contributed by atoms with van der Waals surface area (Å²) in [5.74, 6) is -0.540. The highest BCUT2D eigenvalue weighted by Gasteiger charge is 2.47. The normalized spacial score (nSPS) is 19.3. The number of benzene rings is 2. The fourth-order valence-electron chi connectivity index (χ4n) is 4.40. The second kappa shape index (κ2) is 9.52. The number of rotatable bonds is 8. The number of carbonyl (C=O) groups is 3. The number of aryl methyl sites for hydroxylation is 1. The summed E-state index contributed by atoms with van der Waals surface area (Å²) in [7, 11) is 2.91. The number of methoxy groups -OCH3 is 2. The van der Waals surface area contributed by atoms with Gasteiger partial charge in [0.2, 0.25) is 18.0 Å². The van der Waals surface area contributed by atoms with Gasteiger partial charge in [-0.05, 0) is 49.1 Å². The Morgan fingerprint density at radius 2 is 1.88 bits per heavy atom. The van der Waals surface area contributed by atoms with Crippen LogP contribution in [0.4, 0.5) is 5.69 Å². The van der Waals surface area contributed by atoms with E-state index in [2.05, 4.69) is 12.2 Å². The summed E-state index contributed by atoms with van der Waals surface area (Å²) < 4.78 is 16.2. The number of hydrogen-bond acceptors (Lipinski definition) is 6. The van der Waals surface area contributed by atoms with Gasteiger partial charge in [-0.2, -0.15) is 0 Å². The van der Waals surface area contributed by atoms with E-state index in [9.17, 15) is 14.4 Å². The van der Waals surface area contributed by atoms with Gasteiger partial charge in [-0.25, -0.2) is 4.79 Å². The van der Waals surface area contributed by atoms with E-state index in [1.165, 1.54) is 24.7 Å².